The lowest BCUT2D eigenvalue weighted by atomic mass is 10.0. The molecule has 0 aliphatic rings. The second-order valence-corrected chi connectivity index (χ2v) is 6.45. The van der Waals surface area contributed by atoms with Crippen LogP contribution in [0.15, 0.2) is 24.3 Å². The van der Waals surface area contributed by atoms with Crippen LogP contribution >= 0.6 is 0 Å². The van der Waals surface area contributed by atoms with E-state index in [0.717, 1.165) is 11.3 Å². The van der Waals surface area contributed by atoms with Crippen LogP contribution in [0.3, 0.4) is 0 Å². The summed E-state index contributed by atoms with van der Waals surface area (Å²) in [6.45, 7) is 1.76. The third-order valence-electron chi connectivity index (χ3n) is 4.15. The molecule has 1 aromatic rings. The number of aryl methyl sites for hydroxylation is 1. The standard InChI is InChI=1S/C20H31NO4/c1-3-4-5-6-7-8-9-10-17-11-13-18(14-12-17)25-16-19(22)21(2)15-20(23)24/h11-14H,3-10,15-16H2,1-2H3,(H,23,24). The van der Waals surface area contributed by atoms with Crippen molar-refractivity contribution in [2.24, 2.45) is 0 Å². The second-order valence-electron chi connectivity index (χ2n) is 6.45. The summed E-state index contributed by atoms with van der Waals surface area (Å²) in [7, 11) is 1.45. The minimum absolute atomic E-state index is 0.152. The van der Waals surface area contributed by atoms with E-state index >= 15 is 0 Å². The van der Waals surface area contributed by atoms with Gasteiger partial charge in [0.05, 0.1) is 0 Å². The van der Waals surface area contributed by atoms with E-state index < -0.39 is 5.97 Å². The number of likely N-dealkylation sites (N-methyl/N-ethyl adjacent to an activating group) is 1. The number of carbonyl (C=O) groups is 2. The number of aliphatic carboxylic acids is 1. The number of nitrogens with zero attached hydrogens (tertiary/aromatic N) is 1. The van der Waals surface area contributed by atoms with Crippen molar-refractivity contribution in [3.8, 4) is 5.75 Å². The Bertz CT molecular complexity index is 513. The van der Waals surface area contributed by atoms with Crippen LogP contribution in [0.2, 0.25) is 0 Å². The van der Waals surface area contributed by atoms with Crippen LogP contribution in [0.5, 0.6) is 5.75 Å². The quantitative estimate of drug-likeness (QED) is 0.548. The highest BCUT2D eigenvalue weighted by atomic mass is 16.5. The molecule has 0 fully saturated rings. The molecule has 1 N–H and O–H groups in total. The van der Waals surface area contributed by atoms with Crippen LogP contribution in [0.4, 0.5) is 0 Å². The first-order chi connectivity index (χ1) is 12.0. The third kappa shape index (κ3) is 9.75. The number of hydrogen-bond acceptors (Lipinski definition) is 3. The van der Waals surface area contributed by atoms with Gasteiger partial charge in [0.25, 0.3) is 5.91 Å². The first-order valence-electron chi connectivity index (χ1n) is 9.20. The first kappa shape index (κ1) is 21.0. The van der Waals surface area contributed by atoms with E-state index in [2.05, 4.69) is 6.92 Å². The van der Waals surface area contributed by atoms with Gasteiger partial charge in [0, 0.05) is 7.05 Å². The van der Waals surface area contributed by atoms with Crippen LogP contribution in [0.25, 0.3) is 0 Å². The van der Waals surface area contributed by atoms with E-state index in [1.165, 1.54) is 57.6 Å². The van der Waals surface area contributed by atoms with Gasteiger partial charge < -0.3 is 14.7 Å². The van der Waals surface area contributed by atoms with Gasteiger partial charge in [0.15, 0.2) is 6.61 Å². The fourth-order valence-corrected chi connectivity index (χ4v) is 2.58. The molecule has 1 amide bonds. The Balaban J connectivity index is 2.22. The molecule has 0 saturated carbocycles. The molecule has 140 valence electrons. The summed E-state index contributed by atoms with van der Waals surface area (Å²) in [5.41, 5.74) is 1.27. The molecule has 0 bridgehead atoms. The Morgan fingerprint density at radius 2 is 1.60 bits per heavy atom. The Morgan fingerprint density at radius 1 is 1.00 bits per heavy atom. The minimum Gasteiger partial charge on any atom is -0.484 e. The van der Waals surface area contributed by atoms with E-state index in [0.29, 0.717) is 5.75 Å². The summed E-state index contributed by atoms with van der Waals surface area (Å²) in [5.74, 6) is -0.763. The SMILES string of the molecule is CCCCCCCCCc1ccc(OCC(=O)N(C)CC(=O)O)cc1. The molecule has 0 aromatic heterocycles. The lowest BCUT2D eigenvalue weighted by molar-refractivity contribution is -0.144. The van der Waals surface area contributed by atoms with Gasteiger partial charge in [-0.3, -0.25) is 9.59 Å². The van der Waals surface area contributed by atoms with Crippen LogP contribution in [-0.4, -0.2) is 42.1 Å². The van der Waals surface area contributed by atoms with Gasteiger partial charge in [-0.1, -0.05) is 57.6 Å². The third-order valence-corrected chi connectivity index (χ3v) is 4.15. The lowest BCUT2D eigenvalue weighted by Gasteiger charge is -2.15. The zero-order valence-corrected chi connectivity index (χ0v) is 15.5. The predicted octanol–water partition coefficient (Wildman–Crippen LogP) is 3.90. The highest BCUT2D eigenvalue weighted by Gasteiger charge is 2.12. The van der Waals surface area contributed by atoms with Gasteiger partial charge in [0.1, 0.15) is 12.3 Å². The highest BCUT2D eigenvalue weighted by Crippen LogP contribution is 2.15. The maximum Gasteiger partial charge on any atom is 0.323 e. The van der Waals surface area contributed by atoms with Gasteiger partial charge in [0.2, 0.25) is 0 Å². The molecule has 0 atom stereocenters. The Labute approximate surface area is 151 Å². The number of benzene rings is 1. The maximum atomic E-state index is 11.7. The maximum absolute atomic E-state index is 11.7. The molecule has 0 radical (unpaired) electrons. The molecule has 0 saturated heterocycles. The number of carbonyl (C=O) groups excluding carboxylic acids is 1. The number of rotatable bonds is 13. The van der Waals surface area contributed by atoms with E-state index in [9.17, 15) is 9.59 Å². The summed E-state index contributed by atoms with van der Waals surface area (Å²) in [4.78, 5) is 23.4. The van der Waals surface area contributed by atoms with Crippen molar-refractivity contribution in [3.05, 3.63) is 29.8 Å². The molecule has 1 aromatic carbocycles. The van der Waals surface area contributed by atoms with Gasteiger partial charge in [-0.15, -0.1) is 0 Å². The average molecular weight is 349 g/mol. The number of carboxylic acid groups (broad SMARTS) is 1. The molecule has 5 nitrogen and oxygen atoms in total. The van der Waals surface area contributed by atoms with Crippen LogP contribution in [0.1, 0.15) is 57.4 Å². The highest BCUT2D eigenvalue weighted by molar-refractivity contribution is 5.82. The van der Waals surface area contributed by atoms with Crippen LogP contribution < -0.4 is 4.74 Å². The fourth-order valence-electron chi connectivity index (χ4n) is 2.58. The molecule has 25 heavy (non-hydrogen) atoms. The number of unbranched alkanes of at least 4 members (excludes halogenated alkanes) is 6. The number of ether oxygens (including phenoxy) is 1. The van der Waals surface area contributed by atoms with E-state index in [1.807, 2.05) is 24.3 Å². The lowest BCUT2D eigenvalue weighted by Crippen LogP contribution is -2.35. The van der Waals surface area contributed by atoms with Crippen molar-refractivity contribution in [1.82, 2.24) is 4.90 Å². The fraction of sp³-hybridized carbons (Fsp3) is 0.600. The Kier molecular flexibility index (Phi) is 10.4. The largest absolute Gasteiger partial charge is 0.484 e. The van der Waals surface area contributed by atoms with Gasteiger partial charge >= 0.3 is 5.97 Å². The average Bonchev–Trinajstić information content (AvgIpc) is 2.59. The number of amides is 1. The van der Waals surface area contributed by atoms with E-state index in [1.54, 1.807) is 0 Å². The zero-order valence-electron chi connectivity index (χ0n) is 15.5. The molecule has 0 aliphatic heterocycles. The molecular formula is C20H31NO4. The monoisotopic (exact) mass is 349 g/mol. The van der Waals surface area contributed by atoms with Crippen molar-refractivity contribution in [1.29, 1.82) is 0 Å². The van der Waals surface area contributed by atoms with Gasteiger partial charge in [-0.25, -0.2) is 0 Å². The van der Waals surface area contributed by atoms with Crippen molar-refractivity contribution >= 4 is 11.9 Å². The van der Waals surface area contributed by atoms with Crippen molar-refractivity contribution in [2.45, 2.75) is 58.3 Å². The van der Waals surface area contributed by atoms with Crippen molar-refractivity contribution in [2.75, 3.05) is 20.2 Å². The summed E-state index contributed by atoms with van der Waals surface area (Å²) in [6, 6.07) is 7.78. The topological polar surface area (TPSA) is 66.8 Å². The molecular weight excluding hydrogens is 318 g/mol. The Morgan fingerprint density at radius 3 is 2.20 bits per heavy atom. The van der Waals surface area contributed by atoms with Crippen molar-refractivity contribution < 1.29 is 19.4 Å². The molecule has 0 aliphatic carbocycles. The van der Waals surface area contributed by atoms with Crippen LogP contribution in [-0.2, 0) is 16.0 Å². The summed E-state index contributed by atoms with van der Waals surface area (Å²) >= 11 is 0. The molecule has 1 rings (SSSR count). The summed E-state index contributed by atoms with van der Waals surface area (Å²) in [6.07, 6.45) is 10.2. The van der Waals surface area contributed by atoms with E-state index in [-0.39, 0.29) is 19.1 Å². The Hall–Kier alpha value is -2.04. The predicted molar refractivity (Wildman–Crippen MR) is 98.9 cm³/mol. The molecule has 0 heterocycles. The number of carboxylic acids is 1. The van der Waals surface area contributed by atoms with E-state index in [4.69, 9.17) is 9.84 Å². The number of hydrogen-bond donors (Lipinski definition) is 1. The summed E-state index contributed by atoms with van der Waals surface area (Å²) in [5, 5.41) is 8.66. The zero-order chi connectivity index (χ0) is 18.5. The molecule has 0 spiro atoms. The molecule has 5 heteroatoms. The summed E-state index contributed by atoms with van der Waals surface area (Å²) < 4.78 is 5.42. The van der Waals surface area contributed by atoms with Crippen molar-refractivity contribution in [3.63, 3.8) is 0 Å². The van der Waals surface area contributed by atoms with Gasteiger partial charge in [-0.2, -0.15) is 0 Å². The minimum atomic E-state index is -1.04. The second kappa shape index (κ2) is 12.3. The normalized spacial score (nSPS) is 10.5. The van der Waals surface area contributed by atoms with Gasteiger partial charge in [-0.05, 0) is 30.5 Å². The van der Waals surface area contributed by atoms with Crippen LogP contribution in [0, 0.1) is 0 Å². The first-order valence-corrected chi connectivity index (χ1v) is 9.20. The molecule has 0 unspecified atom stereocenters. The smallest absolute Gasteiger partial charge is 0.323 e.